The van der Waals surface area contributed by atoms with Gasteiger partial charge in [-0.2, -0.15) is 0 Å². The number of rotatable bonds is 7. The standard InChI is InChI=1S/C19H23N3O2/c1-22-18-5-4-17(13-16(18)3-6-19(22)23)24-12-2-9-21-14-15-7-10-20-11-8-15/h3-8,10-11,13,19,21,23H,2,9,12,14H2,1H3. The van der Waals surface area contributed by atoms with Crippen LogP contribution in [0.2, 0.25) is 0 Å². The van der Waals surface area contributed by atoms with Crippen molar-refractivity contribution in [2.45, 2.75) is 19.2 Å². The number of nitrogens with zero attached hydrogens (tertiary/aromatic N) is 2. The number of hydrogen-bond donors (Lipinski definition) is 2. The van der Waals surface area contributed by atoms with Crippen LogP contribution in [0.3, 0.4) is 0 Å². The third-order valence-corrected chi connectivity index (χ3v) is 4.07. The normalized spacial score (nSPS) is 16.1. The highest BCUT2D eigenvalue weighted by atomic mass is 16.5. The highest BCUT2D eigenvalue weighted by Gasteiger charge is 2.16. The summed E-state index contributed by atoms with van der Waals surface area (Å²) in [5.74, 6) is 0.859. The second-order valence-electron chi connectivity index (χ2n) is 5.84. The van der Waals surface area contributed by atoms with Crippen molar-refractivity contribution < 1.29 is 9.84 Å². The van der Waals surface area contributed by atoms with E-state index in [2.05, 4.69) is 10.3 Å². The van der Waals surface area contributed by atoms with E-state index in [1.165, 1.54) is 5.56 Å². The molecule has 1 aliphatic rings. The largest absolute Gasteiger partial charge is 0.494 e. The lowest BCUT2D eigenvalue weighted by atomic mass is 10.1. The summed E-state index contributed by atoms with van der Waals surface area (Å²) >= 11 is 0. The summed E-state index contributed by atoms with van der Waals surface area (Å²) in [6.07, 6.45) is 7.70. The predicted octanol–water partition coefficient (Wildman–Crippen LogP) is 2.42. The molecule has 0 spiro atoms. The van der Waals surface area contributed by atoms with Gasteiger partial charge >= 0.3 is 0 Å². The Bertz CT molecular complexity index is 688. The number of benzene rings is 1. The highest BCUT2D eigenvalue weighted by molar-refractivity contribution is 5.72. The number of aliphatic hydroxyl groups excluding tert-OH is 1. The lowest BCUT2D eigenvalue weighted by Gasteiger charge is -2.28. The summed E-state index contributed by atoms with van der Waals surface area (Å²) in [6, 6.07) is 9.97. The number of nitrogens with one attached hydrogen (secondary N) is 1. The number of ether oxygens (including phenoxy) is 1. The average Bonchev–Trinajstić information content (AvgIpc) is 2.62. The smallest absolute Gasteiger partial charge is 0.146 e. The molecular weight excluding hydrogens is 302 g/mol. The molecule has 2 aromatic rings. The van der Waals surface area contributed by atoms with Gasteiger partial charge in [0.05, 0.1) is 6.61 Å². The molecule has 5 heteroatoms. The van der Waals surface area contributed by atoms with Gasteiger partial charge in [0.2, 0.25) is 0 Å². The molecule has 5 nitrogen and oxygen atoms in total. The van der Waals surface area contributed by atoms with Gasteiger partial charge in [-0.25, -0.2) is 0 Å². The van der Waals surface area contributed by atoms with Gasteiger partial charge < -0.3 is 20.1 Å². The van der Waals surface area contributed by atoms with Gasteiger partial charge in [-0.15, -0.1) is 0 Å². The SMILES string of the molecule is CN1c2ccc(OCCCNCc3ccncc3)cc2C=CC1O. The number of anilines is 1. The Morgan fingerprint density at radius 3 is 2.92 bits per heavy atom. The predicted molar refractivity (Wildman–Crippen MR) is 95.9 cm³/mol. The molecular formula is C19H23N3O2. The van der Waals surface area contributed by atoms with Crippen LogP contribution in [-0.4, -0.2) is 36.5 Å². The summed E-state index contributed by atoms with van der Waals surface area (Å²) in [5, 5.41) is 13.2. The molecule has 0 amide bonds. The maximum atomic E-state index is 9.80. The van der Waals surface area contributed by atoms with Crippen molar-refractivity contribution in [3.63, 3.8) is 0 Å². The van der Waals surface area contributed by atoms with E-state index in [-0.39, 0.29) is 0 Å². The van der Waals surface area contributed by atoms with Gasteiger partial charge in [0.15, 0.2) is 0 Å². The lowest BCUT2D eigenvalue weighted by Crippen LogP contribution is -2.31. The fourth-order valence-corrected chi connectivity index (χ4v) is 2.66. The lowest BCUT2D eigenvalue weighted by molar-refractivity contribution is 0.223. The highest BCUT2D eigenvalue weighted by Crippen LogP contribution is 2.30. The first-order chi connectivity index (χ1) is 11.7. The molecule has 1 aliphatic heterocycles. The Kier molecular flexibility index (Phi) is 5.46. The Morgan fingerprint density at radius 1 is 1.25 bits per heavy atom. The molecule has 126 valence electrons. The minimum atomic E-state index is -0.560. The zero-order valence-corrected chi connectivity index (χ0v) is 13.9. The monoisotopic (exact) mass is 325 g/mol. The summed E-state index contributed by atoms with van der Waals surface area (Å²) in [6.45, 7) is 2.42. The summed E-state index contributed by atoms with van der Waals surface area (Å²) in [7, 11) is 1.88. The molecule has 2 heterocycles. The first-order valence-corrected chi connectivity index (χ1v) is 8.19. The summed E-state index contributed by atoms with van der Waals surface area (Å²) in [4.78, 5) is 5.84. The van der Waals surface area contributed by atoms with Crippen LogP contribution >= 0.6 is 0 Å². The number of aliphatic hydroxyl groups is 1. The maximum absolute atomic E-state index is 9.80. The number of likely N-dealkylation sites (N-methyl/N-ethyl adjacent to an activating group) is 1. The molecule has 0 radical (unpaired) electrons. The van der Waals surface area contributed by atoms with Crippen molar-refractivity contribution in [1.29, 1.82) is 0 Å². The molecule has 0 saturated heterocycles. The van der Waals surface area contributed by atoms with E-state index in [0.717, 1.165) is 36.5 Å². The molecule has 24 heavy (non-hydrogen) atoms. The van der Waals surface area contributed by atoms with Gasteiger partial charge in [0, 0.05) is 37.2 Å². The molecule has 0 saturated carbocycles. The molecule has 1 unspecified atom stereocenters. The van der Waals surface area contributed by atoms with Crippen molar-refractivity contribution in [2.75, 3.05) is 25.1 Å². The number of aromatic nitrogens is 1. The first-order valence-electron chi connectivity index (χ1n) is 8.19. The number of hydrogen-bond acceptors (Lipinski definition) is 5. The zero-order valence-electron chi connectivity index (χ0n) is 13.9. The number of pyridine rings is 1. The fraction of sp³-hybridized carbons (Fsp3) is 0.316. The summed E-state index contributed by atoms with van der Waals surface area (Å²) in [5.41, 5.74) is 3.31. The quantitative estimate of drug-likeness (QED) is 0.766. The fourth-order valence-electron chi connectivity index (χ4n) is 2.66. The molecule has 0 bridgehead atoms. The van der Waals surface area contributed by atoms with Gasteiger partial charge in [-0.1, -0.05) is 6.08 Å². The Morgan fingerprint density at radius 2 is 2.08 bits per heavy atom. The Hall–Kier alpha value is -2.37. The maximum Gasteiger partial charge on any atom is 0.146 e. The van der Waals surface area contributed by atoms with Crippen molar-refractivity contribution in [3.05, 3.63) is 59.9 Å². The van der Waals surface area contributed by atoms with E-state index in [9.17, 15) is 5.11 Å². The third-order valence-electron chi connectivity index (χ3n) is 4.07. The van der Waals surface area contributed by atoms with E-state index in [0.29, 0.717) is 6.61 Å². The number of fused-ring (bicyclic) bond motifs is 1. The van der Waals surface area contributed by atoms with Gasteiger partial charge in [-0.3, -0.25) is 4.98 Å². The molecule has 3 rings (SSSR count). The van der Waals surface area contributed by atoms with Crippen LogP contribution in [0, 0.1) is 0 Å². The van der Waals surface area contributed by atoms with Crippen molar-refractivity contribution in [3.8, 4) is 5.75 Å². The van der Waals surface area contributed by atoms with Crippen LogP contribution < -0.4 is 15.0 Å². The van der Waals surface area contributed by atoms with E-state index < -0.39 is 6.23 Å². The second kappa shape index (κ2) is 7.95. The van der Waals surface area contributed by atoms with Crippen molar-refractivity contribution in [1.82, 2.24) is 10.3 Å². The van der Waals surface area contributed by atoms with Crippen molar-refractivity contribution in [2.24, 2.45) is 0 Å². The van der Waals surface area contributed by atoms with Crippen LogP contribution in [-0.2, 0) is 6.54 Å². The summed E-state index contributed by atoms with van der Waals surface area (Å²) < 4.78 is 5.82. The third kappa shape index (κ3) is 4.13. The molecule has 1 aromatic heterocycles. The van der Waals surface area contributed by atoms with E-state index in [1.807, 2.05) is 48.4 Å². The van der Waals surface area contributed by atoms with Crippen LogP contribution in [0.5, 0.6) is 5.75 Å². The minimum absolute atomic E-state index is 0.560. The van der Waals surface area contributed by atoms with E-state index >= 15 is 0 Å². The van der Waals surface area contributed by atoms with Crippen molar-refractivity contribution >= 4 is 11.8 Å². The van der Waals surface area contributed by atoms with E-state index in [4.69, 9.17) is 4.74 Å². The van der Waals surface area contributed by atoms with Gasteiger partial charge in [0.1, 0.15) is 12.0 Å². The van der Waals surface area contributed by atoms with Gasteiger partial charge in [-0.05, 0) is 54.9 Å². The second-order valence-corrected chi connectivity index (χ2v) is 5.84. The average molecular weight is 325 g/mol. The Labute approximate surface area is 142 Å². The topological polar surface area (TPSA) is 57.6 Å². The van der Waals surface area contributed by atoms with Crippen LogP contribution in [0.15, 0.2) is 48.8 Å². The molecule has 0 fully saturated rings. The van der Waals surface area contributed by atoms with Crippen LogP contribution in [0.1, 0.15) is 17.5 Å². The van der Waals surface area contributed by atoms with Crippen LogP contribution in [0.4, 0.5) is 5.69 Å². The molecule has 2 N–H and O–H groups in total. The molecule has 0 aliphatic carbocycles. The minimum Gasteiger partial charge on any atom is -0.494 e. The molecule has 1 aromatic carbocycles. The first kappa shape index (κ1) is 16.5. The zero-order chi connectivity index (χ0) is 16.8. The van der Waals surface area contributed by atoms with Crippen LogP contribution in [0.25, 0.3) is 6.08 Å². The Balaban J connectivity index is 1.41. The van der Waals surface area contributed by atoms with E-state index in [1.54, 1.807) is 18.5 Å². The van der Waals surface area contributed by atoms with Gasteiger partial charge in [0.25, 0.3) is 0 Å². The molecule has 1 atom stereocenters.